The van der Waals surface area contributed by atoms with Gasteiger partial charge in [-0.05, 0) is 35.4 Å². The maximum absolute atomic E-state index is 13.0. The van der Waals surface area contributed by atoms with Crippen molar-refractivity contribution in [3.63, 3.8) is 0 Å². The third-order valence-corrected chi connectivity index (χ3v) is 4.63. The van der Waals surface area contributed by atoms with E-state index in [-0.39, 0.29) is 5.91 Å². The summed E-state index contributed by atoms with van der Waals surface area (Å²) in [5.74, 6) is -1.28. The topological polar surface area (TPSA) is 88.3 Å². The zero-order valence-electron chi connectivity index (χ0n) is 13.8. The van der Waals surface area contributed by atoms with Gasteiger partial charge in [-0.2, -0.15) is 0 Å². The molecule has 0 unspecified atom stereocenters. The van der Waals surface area contributed by atoms with Crippen LogP contribution in [0.3, 0.4) is 0 Å². The van der Waals surface area contributed by atoms with E-state index in [1.54, 1.807) is 41.5 Å². The minimum Gasteiger partial charge on any atom is -0.480 e. The first kappa shape index (κ1) is 16.0. The van der Waals surface area contributed by atoms with E-state index in [4.69, 9.17) is 0 Å². The molecule has 26 heavy (non-hydrogen) atoms. The molecule has 1 N–H and O–H groups in total. The van der Waals surface area contributed by atoms with E-state index >= 15 is 0 Å². The first-order chi connectivity index (χ1) is 12.6. The lowest BCUT2D eigenvalue weighted by Crippen LogP contribution is -2.48. The second-order valence-electron chi connectivity index (χ2n) is 6.18. The molecule has 0 saturated heterocycles. The highest BCUT2D eigenvalue weighted by Gasteiger charge is 2.34. The first-order valence-corrected chi connectivity index (χ1v) is 8.19. The van der Waals surface area contributed by atoms with E-state index in [9.17, 15) is 14.7 Å². The Kier molecular flexibility index (Phi) is 3.96. The van der Waals surface area contributed by atoms with Crippen molar-refractivity contribution < 1.29 is 14.7 Å². The molecule has 1 aliphatic heterocycles. The number of nitrogens with zero attached hydrogens (tertiary/aromatic N) is 4. The van der Waals surface area contributed by atoms with E-state index in [0.717, 1.165) is 16.8 Å². The Morgan fingerprint density at radius 2 is 1.62 bits per heavy atom. The van der Waals surface area contributed by atoms with Crippen LogP contribution in [0.5, 0.6) is 0 Å². The highest BCUT2D eigenvalue weighted by atomic mass is 16.4. The fourth-order valence-corrected chi connectivity index (χ4v) is 3.23. The molecule has 2 heterocycles. The Labute approximate surface area is 149 Å². The number of fused-ring (bicyclic) bond motifs is 1. The smallest absolute Gasteiger partial charge is 0.326 e. The zero-order valence-corrected chi connectivity index (χ0v) is 13.8. The lowest BCUT2D eigenvalue weighted by Gasteiger charge is -2.34. The van der Waals surface area contributed by atoms with Gasteiger partial charge in [0.25, 0.3) is 5.91 Å². The van der Waals surface area contributed by atoms with Crippen molar-refractivity contribution in [3.05, 3.63) is 77.9 Å². The molecule has 7 heteroatoms. The maximum atomic E-state index is 13.0. The zero-order chi connectivity index (χ0) is 18.1. The van der Waals surface area contributed by atoms with Gasteiger partial charge in [-0.15, -0.1) is 10.2 Å². The molecule has 4 rings (SSSR count). The van der Waals surface area contributed by atoms with Crippen LogP contribution in [-0.2, 0) is 17.8 Å². The van der Waals surface area contributed by atoms with Crippen LogP contribution in [0.4, 0.5) is 0 Å². The molecule has 1 amide bonds. The summed E-state index contributed by atoms with van der Waals surface area (Å²) < 4.78 is 1.73. The molecule has 0 bridgehead atoms. The van der Waals surface area contributed by atoms with Gasteiger partial charge in [0.2, 0.25) is 0 Å². The summed E-state index contributed by atoms with van der Waals surface area (Å²) in [4.78, 5) is 26.1. The Bertz CT molecular complexity index is 951. The molecule has 1 aliphatic rings. The molecule has 3 aromatic rings. The monoisotopic (exact) mass is 348 g/mol. The van der Waals surface area contributed by atoms with Crippen molar-refractivity contribution in [2.75, 3.05) is 0 Å². The molecule has 1 aromatic heterocycles. The average Bonchev–Trinajstić information content (AvgIpc) is 3.21. The second kappa shape index (κ2) is 6.44. The van der Waals surface area contributed by atoms with Gasteiger partial charge in [-0.25, -0.2) is 4.79 Å². The predicted octanol–water partition coefficient (Wildman–Crippen LogP) is 1.92. The number of carboxylic acid groups (broad SMARTS) is 1. The third kappa shape index (κ3) is 2.83. The number of rotatable bonds is 3. The lowest BCUT2D eigenvalue weighted by atomic mass is 9.93. The van der Waals surface area contributed by atoms with Crippen molar-refractivity contribution in [3.8, 4) is 5.69 Å². The maximum Gasteiger partial charge on any atom is 0.326 e. The molecule has 2 aromatic carbocycles. The van der Waals surface area contributed by atoms with E-state index in [2.05, 4.69) is 10.2 Å². The van der Waals surface area contributed by atoms with Crippen LogP contribution < -0.4 is 0 Å². The van der Waals surface area contributed by atoms with Gasteiger partial charge in [0.15, 0.2) is 0 Å². The third-order valence-electron chi connectivity index (χ3n) is 4.63. The number of aliphatic carboxylic acids is 1. The highest BCUT2D eigenvalue weighted by molar-refractivity contribution is 5.97. The average molecular weight is 348 g/mol. The van der Waals surface area contributed by atoms with Gasteiger partial charge in [-0.1, -0.05) is 24.3 Å². The molecule has 0 radical (unpaired) electrons. The summed E-state index contributed by atoms with van der Waals surface area (Å²) >= 11 is 0. The van der Waals surface area contributed by atoms with Crippen LogP contribution in [0.25, 0.3) is 5.69 Å². The molecular weight excluding hydrogens is 332 g/mol. The number of benzene rings is 2. The summed E-state index contributed by atoms with van der Waals surface area (Å²) in [5, 5.41) is 17.1. The van der Waals surface area contributed by atoms with Gasteiger partial charge in [-0.3, -0.25) is 9.36 Å². The van der Waals surface area contributed by atoms with E-state index in [0.29, 0.717) is 18.5 Å². The van der Waals surface area contributed by atoms with Crippen LogP contribution in [0.15, 0.2) is 61.2 Å². The van der Waals surface area contributed by atoms with Crippen LogP contribution in [0.1, 0.15) is 21.5 Å². The number of carbonyl (C=O) groups is 2. The fraction of sp³-hybridized carbons (Fsp3) is 0.158. The molecule has 0 aliphatic carbocycles. The van der Waals surface area contributed by atoms with E-state index < -0.39 is 12.0 Å². The van der Waals surface area contributed by atoms with Crippen LogP contribution >= 0.6 is 0 Å². The number of carboxylic acids is 1. The van der Waals surface area contributed by atoms with Crippen LogP contribution in [0.2, 0.25) is 0 Å². The molecule has 0 fully saturated rings. The van der Waals surface area contributed by atoms with Crippen molar-refractivity contribution in [1.82, 2.24) is 19.7 Å². The standard InChI is InChI=1S/C19H16N4O3/c24-18(13-5-7-16(8-6-13)22-11-20-21-12-22)23-10-15-4-2-1-3-14(15)9-17(23)19(25)26/h1-8,11-12,17H,9-10H2,(H,25,26)/t17-/m1/s1. The minimum absolute atomic E-state index is 0.290. The number of aromatic nitrogens is 3. The highest BCUT2D eigenvalue weighted by Crippen LogP contribution is 2.25. The summed E-state index contributed by atoms with van der Waals surface area (Å²) in [5.41, 5.74) is 3.24. The first-order valence-electron chi connectivity index (χ1n) is 8.19. The van der Waals surface area contributed by atoms with E-state index in [1.165, 1.54) is 4.90 Å². The van der Waals surface area contributed by atoms with Gasteiger partial charge >= 0.3 is 5.97 Å². The molecule has 1 atom stereocenters. The molecular formula is C19H16N4O3. The van der Waals surface area contributed by atoms with Crippen molar-refractivity contribution >= 4 is 11.9 Å². The molecule has 7 nitrogen and oxygen atoms in total. The van der Waals surface area contributed by atoms with Crippen LogP contribution in [-0.4, -0.2) is 42.7 Å². The van der Waals surface area contributed by atoms with Crippen molar-refractivity contribution in [2.45, 2.75) is 19.0 Å². The fourth-order valence-electron chi connectivity index (χ4n) is 3.23. The van der Waals surface area contributed by atoms with Crippen molar-refractivity contribution in [1.29, 1.82) is 0 Å². The van der Waals surface area contributed by atoms with Gasteiger partial charge in [0.05, 0.1) is 0 Å². The summed E-state index contributed by atoms with van der Waals surface area (Å²) in [7, 11) is 0. The lowest BCUT2D eigenvalue weighted by molar-refractivity contribution is -0.142. The molecule has 130 valence electrons. The number of amides is 1. The normalized spacial score (nSPS) is 16.2. The predicted molar refractivity (Wildman–Crippen MR) is 92.8 cm³/mol. The number of hydrogen-bond acceptors (Lipinski definition) is 4. The minimum atomic E-state index is -0.992. The van der Waals surface area contributed by atoms with Gasteiger partial charge in [0.1, 0.15) is 18.7 Å². The Hall–Kier alpha value is -3.48. The number of hydrogen-bond donors (Lipinski definition) is 1. The SMILES string of the molecule is O=C(O)[C@H]1Cc2ccccc2CN1C(=O)c1ccc(-n2cnnc2)cc1. The Morgan fingerprint density at radius 1 is 0.962 bits per heavy atom. The number of carbonyl (C=O) groups excluding carboxylic acids is 1. The quantitative estimate of drug-likeness (QED) is 0.781. The molecule has 0 spiro atoms. The largest absolute Gasteiger partial charge is 0.480 e. The summed E-state index contributed by atoms with van der Waals surface area (Å²) in [6.07, 6.45) is 3.45. The summed E-state index contributed by atoms with van der Waals surface area (Å²) in [6, 6.07) is 13.7. The van der Waals surface area contributed by atoms with E-state index in [1.807, 2.05) is 24.3 Å². The molecule has 0 saturated carbocycles. The van der Waals surface area contributed by atoms with Crippen molar-refractivity contribution in [2.24, 2.45) is 0 Å². The Morgan fingerprint density at radius 3 is 2.27 bits per heavy atom. The van der Waals surface area contributed by atoms with Gasteiger partial charge in [0, 0.05) is 24.2 Å². The summed E-state index contributed by atoms with van der Waals surface area (Å²) in [6.45, 7) is 0.291. The second-order valence-corrected chi connectivity index (χ2v) is 6.18. The van der Waals surface area contributed by atoms with Crippen LogP contribution in [0, 0.1) is 0 Å². The van der Waals surface area contributed by atoms with Gasteiger partial charge < -0.3 is 10.0 Å². The Balaban J connectivity index is 1.63.